The van der Waals surface area contributed by atoms with Gasteiger partial charge < -0.3 is 4.74 Å². The zero-order valence-corrected chi connectivity index (χ0v) is 17.0. The first-order valence-corrected chi connectivity index (χ1v) is 10.2. The number of para-hydroxylation sites is 1. The molecule has 1 aliphatic rings. The number of hydrogen-bond donors (Lipinski definition) is 0. The fraction of sp³-hybridized carbons (Fsp3) is 0.273. The topological polar surface area (TPSA) is 79.8 Å². The Bertz CT molecular complexity index is 1280. The molecule has 0 saturated heterocycles. The summed E-state index contributed by atoms with van der Waals surface area (Å²) in [5.74, 6) is 0.0752. The Kier molecular flexibility index (Phi) is 5.26. The van der Waals surface area contributed by atoms with Crippen molar-refractivity contribution in [1.82, 2.24) is 29.3 Å². The van der Waals surface area contributed by atoms with Crippen molar-refractivity contribution in [1.29, 1.82) is 0 Å². The van der Waals surface area contributed by atoms with Crippen LogP contribution in [0.4, 0.5) is 8.78 Å². The van der Waals surface area contributed by atoms with Crippen LogP contribution in [0.15, 0.2) is 66.0 Å². The molecule has 32 heavy (non-hydrogen) atoms. The largest absolute Gasteiger partial charge is 0.457 e. The molecule has 4 aromatic rings. The number of aromatic nitrogens is 6. The molecule has 0 bridgehead atoms. The molecule has 0 amide bonds. The molecule has 8 nitrogen and oxygen atoms in total. The number of rotatable bonds is 8. The molecule has 1 aliphatic carbocycles. The Labute approximate surface area is 181 Å². The van der Waals surface area contributed by atoms with Crippen molar-refractivity contribution in [3.63, 3.8) is 0 Å². The fourth-order valence-electron chi connectivity index (χ4n) is 3.71. The SMILES string of the molecule is O=c1c(OCF)cn(-c2cnn(C(CF)C3CC3)c2)nc1-c1ccnn1-c1ccccc1. The highest BCUT2D eigenvalue weighted by atomic mass is 19.1. The lowest BCUT2D eigenvalue weighted by Crippen LogP contribution is -2.18. The summed E-state index contributed by atoms with van der Waals surface area (Å²) in [6, 6.07) is 10.6. The maximum absolute atomic E-state index is 13.5. The highest BCUT2D eigenvalue weighted by molar-refractivity contribution is 5.59. The van der Waals surface area contributed by atoms with Gasteiger partial charge in [-0.1, -0.05) is 18.2 Å². The van der Waals surface area contributed by atoms with Gasteiger partial charge in [0.15, 0.2) is 11.4 Å². The first kappa shape index (κ1) is 20.1. The highest BCUT2D eigenvalue weighted by Gasteiger charge is 2.33. The van der Waals surface area contributed by atoms with Gasteiger partial charge in [0, 0.05) is 0 Å². The van der Waals surface area contributed by atoms with Crippen LogP contribution < -0.4 is 10.2 Å². The number of halogens is 2. The molecule has 5 rings (SSSR count). The minimum atomic E-state index is -1.17. The fourth-order valence-corrected chi connectivity index (χ4v) is 3.71. The van der Waals surface area contributed by atoms with Gasteiger partial charge in [0.05, 0.1) is 42.2 Å². The lowest BCUT2D eigenvalue weighted by atomic mass is 10.2. The van der Waals surface area contributed by atoms with Crippen LogP contribution in [0, 0.1) is 5.92 Å². The van der Waals surface area contributed by atoms with Gasteiger partial charge in [0.2, 0.25) is 6.86 Å². The molecule has 164 valence electrons. The van der Waals surface area contributed by atoms with E-state index in [4.69, 9.17) is 4.74 Å². The predicted octanol–water partition coefficient (Wildman–Crippen LogP) is 3.51. The van der Waals surface area contributed by atoms with E-state index in [1.807, 2.05) is 30.3 Å². The van der Waals surface area contributed by atoms with Crippen molar-refractivity contribution in [2.24, 2.45) is 5.92 Å². The maximum Gasteiger partial charge on any atom is 0.251 e. The summed E-state index contributed by atoms with van der Waals surface area (Å²) in [5, 5.41) is 13.1. The van der Waals surface area contributed by atoms with Crippen LogP contribution in [0.1, 0.15) is 18.9 Å². The van der Waals surface area contributed by atoms with Crippen LogP contribution >= 0.6 is 0 Å². The highest BCUT2D eigenvalue weighted by Crippen LogP contribution is 2.39. The van der Waals surface area contributed by atoms with Crippen molar-refractivity contribution in [3.8, 4) is 28.5 Å². The van der Waals surface area contributed by atoms with Crippen molar-refractivity contribution in [2.45, 2.75) is 18.9 Å². The molecular weight excluding hydrogens is 418 g/mol. The number of nitrogens with zero attached hydrogens (tertiary/aromatic N) is 6. The zero-order valence-electron chi connectivity index (χ0n) is 17.0. The van der Waals surface area contributed by atoms with Crippen molar-refractivity contribution in [3.05, 3.63) is 71.4 Å². The van der Waals surface area contributed by atoms with Gasteiger partial charge in [0.25, 0.3) is 5.43 Å². The van der Waals surface area contributed by atoms with E-state index in [2.05, 4.69) is 15.3 Å². The summed E-state index contributed by atoms with van der Waals surface area (Å²) in [5.41, 5.74) is 1.13. The quantitative estimate of drug-likeness (QED) is 0.421. The second-order valence-corrected chi connectivity index (χ2v) is 7.57. The molecule has 1 saturated carbocycles. The third-order valence-corrected chi connectivity index (χ3v) is 5.50. The summed E-state index contributed by atoms with van der Waals surface area (Å²) in [7, 11) is 0. The van der Waals surface area contributed by atoms with Gasteiger partial charge in [-0.05, 0) is 37.0 Å². The molecule has 1 fully saturated rings. The summed E-state index contributed by atoms with van der Waals surface area (Å²) < 4.78 is 36.0. The van der Waals surface area contributed by atoms with Crippen molar-refractivity contribution >= 4 is 0 Å². The molecule has 0 radical (unpaired) electrons. The standard InChI is InChI=1S/C22H20F2N6O2/c23-10-19(15-6-7-15)29-12-17(11-26-29)28-13-20(32-14-24)22(31)21(27-28)18-8-9-25-30(18)16-4-2-1-3-5-16/h1-5,8-9,11-13,15,19H,6-7,10,14H2. The number of ether oxygens (including phenoxy) is 1. The van der Waals surface area contributed by atoms with Crippen LogP contribution in [-0.2, 0) is 0 Å². The molecule has 3 aromatic heterocycles. The van der Waals surface area contributed by atoms with Crippen molar-refractivity contribution in [2.75, 3.05) is 13.5 Å². The lowest BCUT2D eigenvalue weighted by molar-refractivity contribution is 0.188. The smallest absolute Gasteiger partial charge is 0.251 e. The van der Waals surface area contributed by atoms with Gasteiger partial charge in [-0.2, -0.15) is 15.3 Å². The van der Waals surface area contributed by atoms with E-state index in [0.29, 0.717) is 11.4 Å². The lowest BCUT2D eigenvalue weighted by Gasteiger charge is -2.12. The average molecular weight is 438 g/mol. The minimum Gasteiger partial charge on any atom is -0.457 e. The summed E-state index contributed by atoms with van der Waals surface area (Å²) >= 11 is 0. The summed E-state index contributed by atoms with van der Waals surface area (Å²) in [4.78, 5) is 13.0. The van der Waals surface area contributed by atoms with Crippen LogP contribution in [-0.4, -0.2) is 42.9 Å². The van der Waals surface area contributed by atoms with E-state index >= 15 is 0 Å². The predicted molar refractivity (Wildman–Crippen MR) is 113 cm³/mol. The number of hydrogen-bond acceptors (Lipinski definition) is 5. The second kappa shape index (κ2) is 8.37. The number of alkyl halides is 2. The van der Waals surface area contributed by atoms with Gasteiger partial charge in [-0.25, -0.2) is 18.1 Å². The Balaban J connectivity index is 1.61. The molecule has 10 heteroatoms. The van der Waals surface area contributed by atoms with E-state index in [9.17, 15) is 13.6 Å². The van der Waals surface area contributed by atoms with E-state index in [-0.39, 0.29) is 23.4 Å². The van der Waals surface area contributed by atoms with Gasteiger partial charge in [-0.15, -0.1) is 0 Å². The molecule has 1 unspecified atom stereocenters. The van der Waals surface area contributed by atoms with E-state index in [0.717, 1.165) is 18.5 Å². The van der Waals surface area contributed by atoms with Crippen molar-refractivity contribution < 1.29 is 13.5 Å². The van der Waals surface area contributed by atoms with E-state index in [1.54, 1.807) is 27.8 Å². The molecule has 1 aromatic carbocycles. The molecular formula is C22H20F2N6O2. The Morgan fingerprint density at radius 3 is 2.59 bits per heavy atom. The molecule has 0 spiro atoms. The first-order valence-electron chi connectivity index (χ1n) is 10.2. The Morgan fingerprint density at radius 1 is 1.06 bits per heavy atom. The second-order valence-electron chi connectivity index (χ2n) is 7.57. The molecule has 0 aliphatic heterocycles. The van der Waals surface area contributed by atoms with E-state index < -0.39 is 19.0 Å². The van der Waals surface area contributed by atoms with E-state index in [1.165, 1.54) is 17.1 Å². The summed E-state index contributed by atoms with van der Waals surface area (Å²) in [6.45, 7) is -1.68. The maximum atomic E-state index is 13.5. The zero-order chi connectivity index (χ0) is 22.1. The van der Waals surface area contributed by atoms with Crippen LogP contribution in [0.3, 0.4) is 0 Å². The summed E-state index contributed by atoms with van der Waals surface area (Å²) in [6.07, 6.45) is 8.00. The Morgan fingerprint density at radius 2 is 1.88 bits per heavy atom. The molecule has 0 N–H and O–H groups in total. The number of benzene rings is 1. The minimum absolute atomic E-state index is 0.0364. The van der Waals surface area contributed by atoms with Gasteiger partial charge in [-0.3, -0.25) is 9.48 Å². The van der Waals surface area contributed by atoms with Gasteiger partial charge in [0.1, 0.15) is 12.4 Å². The Hall–Kier alpha value is -3.82. The van der Waals surface area contributed by atoms with Crippen LogP contribution in [0.25, 0.3) is 22.8 Å². The van der Waals surface area contributed by atoms with Crippen LogP contribution in [0.5, 0.6) is 5.75 Å². The van der Waals surface area contributed by atoms with Gasteiger partial charge >= 0.3 is 0 Å². The average Bonchev–Trinajstić information content (AvgIpc) is 3.32. The molecule has 1 atom stereocenters. The third kappa shape index (κ3) is 3.68. The monoisotopic (exact) mass is 438 g/mol. The first-order chi connectivity index (χ1) is 15.7. The van der Waals surface area contributed by atoms with Crippen LogP contribution in [0.2, 0.25) is 0 Å². The normalized spacial score (nSPS) is 14.4. The molecule has 3 heterocycles. The third-order valence-electron chi connectivity index (χ3n) is 5.50.